The number of carbonyl (C=O) groups excluding carboxylic acids is 1. The second-order valence-electron chi connectivity index (χ2n) is 4.17. The molecule has 0 aromatic heterocycles. The van der Waals surface area contributed by atoms with E-state index in [9.17, 15) is 4.79 Å². The van der Waals surface area contributed by atoms with Crippen molar-refractivity contribution in [1.82, 2.24) is 5.32 Å². The Hall–Kier alpha value is 0.430. The number of rotatable bonds is 7. The molecule has 0 aromatic carbocycles. The van der Waals surface area contributed by atoms with Gasteiger partial charge in [0.1, 0.15) is 0 Å². The lowest BCUT2D eigenvalue weighted by molar-refractivity contribution is -0.123. The zero-order chi connectivity index (χ0) is 11.9. The number of alkyl halides is 2. The van der Waals surface area contributed by atoms with Gasteiger partial charge in [0.15, 0.2) is 0 Å². The molecule has 0 aromatic rings. The monoisotopic (exact) mass is 341 g/mol. The van der Waals surface area contributed by atoms with Crippen LogP contribution in [-0.2, 0) is 4.79 Å². The molecule has 0 heterocycles. The first kappa shape index (κ1) is 15.4. The number of nitrogens with one attached hydrogen (secondary N) is 1. The first-order chi connectivity index (χ1) is 7.03. The topological polar surface area (TPSA) is 29.1 Å². The predicted molar refractivity (Wildman–Crippen MR) is 72.8 cm³/mol. The van der Waals surface area contributed by atoms with Crippen LogP contribution in [0, 0.1) is 5.92 Å². The molecule has 0 aliphatic carbocycles. The summed E-state index contributed by atoms with van der Waals surface area (Å²) in [4.78, 5) is 11.8. The smallest absolute Gasteiger partial charge is 0.220 e. The zero-order valence-electron chi connectivity index (χ0n) is 9.78. The Labute approximate surface area is 110 Å². The molecule has 90 valence electrons. The molecule has 15 heavy (non-hydrogen) atoms. The van der Waals surface area contributed by atoms with Gasteiger partial charge in [-0.3, -0.25) is 4.79 Å². The van der Waals surface area contributed by atoms with Crippen LogP contribution in [0.4, 0.5) is 0 Å². The van der Waals surface area contributed by atoms with Crippen molar-refractivity contribution in [1.29, 1.82) is 0 Å². The fourth-order valence-electron chi connectivity index (χ4n) is 1.19. The molecule has 4 heteroatoms. The van der Waals surface area contributed by atoms with Gasteiger partial charge < -0.3 is 5.32 Å². The molecule has 0 saturated heterocycles. The quantitative estimate of drug-likeness (QED) is 0.705. The van der Waals surface area contributed by atoms with Gasteiger partial charge in [-0.2, -0.15) is 0 Å². The fraction of sp³-hybridized carbons (Fsp3) is 0.909. The first-order valence-electron chi connectivity index (χ1n) is 5.46. The van der Waals surface area contributed by atoms with Crippen LogP contribution in [0.2, 0.25) is 0 Å². The number of amides is 1. The van der Waals surface area contributed by atoms with E-state index in [1.165, 1.54) is 0 Å². The Morgan fingerprint density at radius 1 is 1.33 bits per heavy atom. The highest BCUT2D eigenvalue weighted by atomic mass is 79.9. The lowest BCUT2D eigenvalue weighted by Gasteiger charge is -2.30. The molecule has 0 rings (SSSR count). The average molecular weight is 343 g/mol. The van der Waals surface area contributed by atoms with E-state index in [4.69, 9.17) is 0 Å². The van der Waals surface area contributed by atoms with Gasteiger partial charge in [0, 0.05) is 17.1 Å². The van der Waals surface area contributed by atoms with Gasteiger partial charge in [0.25, 0.3) is 0 Å². The summed E-state index contributed by atoms with van der Waals surface area (Å²) < 4.78 is 0. The zero-order valence-corrected chi connectivity index (χ0v) is 12.9. The highest BCUT2D eigenvalue weighted by Gasteiger charge is 2.27. The molecule has 2 nitrogen and oxygen atoms in total. The molecular weight excluding hydrogens is 322 g/mol. The Morgan fingerprint density at radius 2 is 1.87 bits per heavy atom. The third kappa shape index (κ3) is 5.34. The van der Waals surface area contributed by atoms with Crippen LogP contribution in [0.5, 0.6) is 0 Å². The van der Waals surface area contributed by atoms with E-state index in [0.29, 0.717) is 12.3 Å². The largest absolute Gasteiger partial charge is 0.349 e. The van der Waals surface area contributed by atoms with Gasteiger partial charge in [-0.05, 0) is 12.3 Å². The lowest BCUT2D eigenvalue weighted by atomic mass is 9.99. The van der Waals surface area contributed by atoms with E-state index < -0.39 is 0 Å². The van der Waals surface area contributed by atoms with Gasteiger partial charge in [-0.15, -0.1) is 0 Å². The normalized spacial score (nSPS) is 13.7. The molecule has 1 unspecified atom stereocenters. The van der Waals surface area contributed by atoms with Gasteiger partial charge in [-0.1, -0.05) is 59.1 Å². The van der Waals surface area contributed by atoms with Crippen molar-refractivity contribution in [2.45, 2.75) is 45.6 Å². The summed E-state index contributed by atoms with van der Waals surface area (Å²) in [5.74, 6) is 0.621. The van der Waals surface area contributed by atoms with Crippen molar-refractivity contribution in [3.8, 4) is 0 Å². The number of halogens is 2. The molecule has 0 fully saturated rings. The Morgan fingerprint density at radius 3 is 2.20 bits per heavy atom. The van der Waals surface area contributed by atoms with Crippen molar-refractivity contribution >= 4 is 37.8 Å². The summed E-state index contributed by atoms with van der Waals surface area (Å²) in [5.41, 5.74) is -0.134. The second-order valence-corrected chi connectivity index (χ2v) is 5.29. The minimum Gasteiger partial charge on any atom is -0.349 e. The predicted octanol–water partition coefficient (Wildman–Crippen LogP) is 3.48. The van der Waals surface area contributed by atoms with Crippen LogP contribution < -0.4 is 5.32 Å². The van der Waals surface area contributed by atoms with E-state index in [-0.39, 0.29) is 11.4 Å². The SMILES string of the molecule is CCC(C)CC(=O)NC(CC)(CBr)CBr. The van der Waals surface area contributed by atoms with E-state index in [2.05, 4.69) is 57.9 Å². The fourth-order valence-corrected chi connectivity index (χ4v) is 3.19. The molecule has 0 radical (unpaired) electrons. The first-order valence-corrected chi connectivity index (χ1v) is 7.70. The maximum absolute atomic E-state index is 11.8. The summed E-state index contributed by atoms with van der Waals surface area (Å²) in [6.07, 6.45) is 2.60. The van der Waals surface area contributed by atoms with Crippen LogP contribution in [0.1, 0.15) is 40.0 Å². The molecule has 0 saturated carbocycles. The van der Waals surface area contributed by atoms with Crippen molar-refractivity contribution in [3.63, 3.8) is 0 Å². The van der Waals surface area contributed by atoms with Crippen molar-refractivity contribution in [3.05, 3.63) is 0 Å². The van der Waals surface area contributed by atoms with Crippen LogP contribution in [0.3, 0.4) is 0 Å². The molecule has 1 amide bonds. The van der Waals surface area contributed by atoms with Gasteiger partial charge in [-0.25, -0.2) is 0 Å². The summed E-state index contributed by atoms with van der Waals surface area (Å²) in [7, 11) is 0. The van der Waals surface area contributed by atoms with E-state index >= 15 is 0 Å². The van der Waals surface area contributed by atoms with E-state index in [1.54, 1.807) is 0 Å². The molecule has 1 N–H and O–H groups in total. The van der Waals surface area contributed by atoms with E-state index in [0.717, 1.165) is 23.5 Å². The van der Waals surface area contributed by atoms with Gasteiger partial charge >= 0.3 is 0 Å². The maximum atomic E-state index is 11.8. The Kier molecular flexibility index (Phi) is 7.88. The number of carbonyl (C=O) groups is 1. The second kappa shape index (κ2) is 7.66. The lowest BCUT2D eigenvalue weighted by Crippen LogP contribution is -2.51. The van der Waals surface area contributed by atoms with Gasteiger partial charge in [0.05, 0.1) is 5.54 Å². The van der Waals surface area contributed by atoms with Crippen molar-refractivity contribution in [2.24, 2.45) is 5.92 Å². The van der Waals surface area contributed by atoms with Crippen molar-refractivity contribution in [2.75, 3.05) is 10.7 Å². The molecule has 0 aliphatic heterocycles. The Bertz CT molecular complexity index is 185. The highest BCUT2D eigenvalue weighted by Crippen LogP contribution is 2.18. The van der Waals surface area contributed by atoms with Crippen molar-refractivity contribution < 1.29 is 4.79 Å². The summed E-state index contributed by atoms with van der Waals surface area (Å²) in [6, 6.07) is 0. The summed E-state index contributed by atoms with van der Waals surface area (Å²) in [6.45, 7) is 6.31. The average Bonchev–Trinajstić information content (AvgIpc) is 2.26. The summed E-state index contributed by atoms with van der Waals surface area (Å²) >= 11 is 6.92. The minimum atomic E-state index is -0.134. The molecule has 1 atom stereocenters. The number of hydrogen-bond acceptors (Lipinski definition) is 1. The molecule has 0 bridgehead atoms. The maximum Gasteiger partial charge on any atom is 0.220 e. The van der Waals surface area contributed by atoms with Crippen LogP contribution in [-0.4, -0.2) is 22.1 Å². The summed E-state index contributed by atoms with van der Waals surface area (Å²) in [5, 5.41) is 4.68. The van der Waals surface area contributed by atoms with Crippen LogP contribution in [0.15, 0.2) is 0 Å². The Balaban J connectivity index is 4.23. The molecular formula is C11H21Br2NO. The number of hydrogen-bond donors (Lipinski definition) is 1. The van der Waals surface area contributed by atoms with Gasteiger partial charge in [0.2, 0.25) is 5.91 Å². The minimum absolute atomic E-state index is 0.134. The highest BCUT2D eigenvalue weighted by molar-refractivity contribution is 9.09. The van der Waals surface area contributed by atoms with E-state index in [1.807, 2.05) is 0 Å². The third-order valence-corrected chi connectivity index (χ3v) is 4.97. The standard InChI is InChI=1S/C11H21Br2NO/c1-4-9(3)6-10(15)14-11(5-2,7-12)8-13/h9H,4-8H2,1-3H3,(H,14,15). The molecule has 0 spiro atoms. The third-order valence-electron chi connectivity index (χ3n) is 2.82. The molecule has 0 aliphatic rings. The van der Waals surface area contributed by atoms with Crippen LogP contribution >= 0.6 is 31.9 Å². The van der Waals surface area contributed by atoms with Crippen LogP contribution in [0.25, 0.3) is 0 Å².